The summed E-state index contributed by atoms with van der Waals surface area (Å²) in [5.41, 5.74) is 3.22. The Hall–Kier alpha value is -6.72. The van der Waals surface area contributed by atoms with Crippen LogP contribution in [-0.4, -0.2) is 93.8 Å². The lowest BCUT2D eigenvalue weighted by Gasteiger charge is -2.35. The number of aliphatic hydroxyl groups is 1. The standard InChI is InChI=1S/C53H56F3N7O7S2/c1-32-45(72-31-59-32)36-11-9-33(10-12-36)28-58-47(66)43-8-7-24-61(43)48(67)46(51(2,3)4)60-44(65)30-69-25-23-40(64)29-70-41-21-16-35(17-22-41)34-13-18-38(19-14-34)63-50(71)62(49(68)52(63,5)6)39-20-15-37(27-57)42(26-39)53(54,55)56/h9-22,26,31,40,43,46,64H,7-8,23-25,28-30H2,1-6H3,(H,58,66)(H,60,65)/t40?,43-,46?/m0/s1. The molecular weight excluding hydrogens is 968 g/mol. The van der Waals surface area contributed by atoms with Gasteiger partial charge in [-0.25, -0.2) is 4.98 Å². The van der Waals surface area contributed by atoms with Crippen LogP contribution < -0.4 is 25.2 Å². The summed E-state index contributed by atoms with van der Waals surface area (Å²) in [6, 6.07) is 25.3. The molecule has 2 aliphatic rings. The molecule has 4 amide bonds. The number of rotatable bonds is 17. The van der Waals surface area contributed by atoms with Crippen LogP contribution in [0.1, 0.15) is 76.3 Å². The molecule has 3 N–H and O–H groups in total. The number of carbonyl (C=O) groups excluding carboxylic acids is 4. The van der Waals surface area contributed by atoms with E-state index in [2.05, 4.69) is 15.6 Å². The predicted octanol–water partition coefficient (Wildman–Crippen LogP) is 8.58. The monoisotopic (exact) mass is 1020 g/mol. The largest absolute Gasteiger partial charge is 0.491 e. The molecule has 2 aliphatic heterocycles. The predicted molar refractivity (Wildman–Crippen MR) is 272 cm³/mol. The van der Waals surface area contributed by atoms with E-state index in [1.165, 1.54) is 6.07 Å². The minimum atomic E-state index is -4.81. The molecule has 19 heteroatoms. The molecule has 72 heavy (non-hydrogen) atoms. The van der Waals surface area contributed by atoms with Crippen LogP contribution in [0.4, 0.5) is 24.5 Å². The fraction of sp³-hybridized carbons (Fsp3) is 0.377. The number of hydrogen-bond acceptors (Lipinski definition) is 11. The van der Waals surface area contributed by atoms with Gasteiger partial charge in [-0.15, -0.1) is 11.3 Å². The lowest BCUT2D eigenvalue weighted by molar-refractivity contribution is -0.144. The quantitative estimate of drug-likeness (QED) is 0.0601. The topological polar surface area (TPSA) is 177 Å². The SMILES string of the molecule is Cc1ncsc1-c1ccc(CNC(=O)[C@@H]2CCCN2C(=O)C(NC(=O)COCCC(O)COc2ccc(-c3ccc(N4C(=S)N(c5ccc(C#N)c(C(F)(F)F)c5)C(=O)C4(C)C)cc3)cc2)C(C)(C)C)cc1. The normalized spacial score (nSPS) is 16.6. The summed E-state index contributed by atoms with van der Waals surface area (Å²) in [5.74, 6) is -1.12. The van der Waals surface area contributed by atoms with E-state index < -0.39 is 58.3 Å². The number of likely N-dealkylation sites (tertiary alicyclic amines) is 1. The molecular formula is C53H56F3N7O7S2. The number of thiocarbonyl (C=S) groups is 1. The van der Waals surface area contributed by atoms with Crippen molar-refractivity contribution in [1.82, 2.24) is 20.5 Å². The van der Waals surface area contributed by atoms with Gasteiger partial charge in [0.2, 0.25) is 17.7 Å². The third-order valence-corrected chi connectivity index (χ3v) is 14.0. The average Bonchev–Trinajstić information content (AvgIpc) is 4.06. The Morgan fingerprint density at radius 1 is 0.972 bits per heavy atom. The first kappa shape index (κ1) is 53.1. The van der Waals surface area contributed by atoms with Crippen LogP contribution in [-0.2, 0) is 36.6 Å². The smallest absolute Gasteiger partial charge is 0.417 e. The first-order valence-electron chi connectivity index (χ1n) is 23.3. The van der Waals surface area contributed by atoms with Crippen molar-refractivity contribution in [3.05, 3.63) is 119 Å². The van der Waals surface area contributed by atoms with E-state index in [1.807, 2.05) is 81.7 Å². The van der Waals surface area contributed by atoms with Crippen molar-refractivity contribution >= 4 is 63.7 Å². The van der Waals surface area contributed by atoms with Crippen LogP contribution in [0.5, 0.6) is 5.75 Å². The van der Waals surface area contributed by atoms with Crippen LogP contribution in [0.15, 0.2) is 96.5 Å². The molecule has 4 aromatic carbocycles. The zero-order valence-electron chi connectivity index (χ0n) is 40.7. The first-order chi connectivity index (χ1) is 34.1. The second-order valence-corrected chi connectivity index (χ2v) is 20.5. The molecule has 7 rings (SSSR count). The first-order valence-corrected chi connectivity index (χ1v) is 24.6. The third-order valence-electron chi connectivity index (χ3n) is 12.6. The van der Waals surface area contributed by atoms with Gasteiger partial charge in [0.25, 0.3) is 5.91 Å². The lowest BCUT2D eigenvalue weighted by Crippen LogP contribution is -2.58. The maximum atomic E-state index is 14.0. The molecule has 3 atom stereocenters. The molecule has 3 heterocycles. The van der Waals surface area contributed by atoms with E-state index in [0.29, 0.717) is 37.4 Å². The molecule has 14 nitrogen and oxygen atoms in total. The Morgan fingerprint density at radius 2 is 1.61 bits per heavy atom. The number of ether oxygens (including phenoxy) is 2. The number of aliphatic hydroxyl groups excluding tert-OH is 1. The summed E-state index contributed by atoms with van der Waals surface area (Å²) in [6.07, 6.45) is -4.39. The summed E-state index contributed by atoms with van der Waals surface area (Å²) in [7, 11) is 0. The molecule has 0 aliphatic carbocycles. The number of nitrogens with one attached hydrogen (secondary N) is 2. The van der Waals surface area contributed by atoms with E-state index in [4.69, 9.17) is 21.7 Å². The van der Waals surface area contributed by atoms with Crippen LogP contribution >= 0.6 is 23.6 Å². The highest BCUT2D eigenvalue weighted by atomic mass is 32.1. The van der Waals surface area contributed by atoms with Gasteiger partial charge >= 0.3 is 6.18 Å². The second-order valence-electron chi connectivity index (χ2n) is 19.3. The summed E-state index contributed by atoms with van der Waals surface area (Å²) in [4.78, 5) is 63.7. The number of anilines is 2. The second kappa shape index (κ2) is 22.0. The molecule has 1 aromatic heterocycles. The number of amides is 4. The van der Waals surface area contributed by atoms with Crippen molar-refractivity contribution in [2.45, 2.75) is 97.3 Å². The van der Waals surface area contributed by atoms with Crippen molar-refractivity contribution in [3.8, 4) is 33.4 Å². The van der Waals surface area contributed by atoms with E-state index in [0.717, 1.165) is 49.9 Å². The molecule has 0 saturated carbocycles. The summed E-state index contributed by atoms with van der Waals surface area (Å²) >= 11 is 7.24. The maximum Gasteiger partial charge on any atom is 0.417 e. The number of carbonyl (C=O) groups is 4. The van der Waals surface area contributed by atoms with E-state index >= 15 is 0 Å². The van der Waals surface area contributed by atoms with Crippen LogP contribution in [0, 0.1) is 23.7 Å². The molecule has 0 radical (unpaired) electrons. The Bertz CT molecular complexity index is 2840. The van der Waals surface area contributed by atoms with Crippen molar-refractivity contribution in [2.24, 2.45) is 5.41 Å². The molecule has 2 saturated heterocycles. The number of aryl methyl sites for hydroxylation is 1. The van der Waals surface area contributed by atoms with Gasteiger partial charge in [-0.1, -0.05) is 69.3 Å². The Balaban J connectivity index is 0.848. The van der Waals surface area contributed by atoms with Gasteiger partial charge in [-0.3, -0.25) is 24.1 Å². The highest BCUT2D eigenvalue weighted by molar-refractivity contribution is 7.81. The van der Waals surface area contributed by atoms with E-state index in [9.17, 15) is 42.7 Å². The van der Waals surface area contributed by atoms with Gasteiger partial charge in [0.05, 0.1) is 45.1 Å². The van der Waals surface area contributed by atoms with Crippen molar-refractivity contribution < 1.29 is 46.9 Å². The molecule has 378 valence electrons. The van der Waals surface area contributed by atoms with Crippen LogP contribution in [0.2, 0.25) is 0 Å². The number of benzene rings is 4. The lowest BCUT2D eigenvalue weighted by atomic mass is 9.85. The fourth-order valence-electron chi connectivity index (χ4n) is 8.65. The van der Waals surface area contributed by atoms with Gasteiger partial charge in [0.1, 0.15) is 36.6 Å². The minimum absolute atomic E-state index is 0.0115. The molecule has 0 bridgehead atoms. The van der Waals surface area contributed by atoms with Crippen molar-refractivity contribution in [2.75, 3.05) is 36.2 Å². The Labute approximate surface area is 425 Å². The van der Waals surface area contributed by atoms with Gasteiger partial charge in [-0.2, -0.15) is 18.4 Å². The van der Waals surface area contributed by atoms with Crippen molar-refractivity contribution in [3.63, 3.8) is 0 Å². The average molecular weight is 1020 g/mol. The zero-order valence-corrected chi connectivity index (χ0v) is 42.3. The number of alkyl halides is 3. The zero-order chi connectivity index (χ0) is 52.1. The van der Waals surface area contributed by atoms with E-state index in [-0.39, 0.29) is 48.9 Å². The number of nitrogens with zero attached hydrogens (tertiary/aromatic N) is 5. The third kappa shape index (κ3) is 12.0. The van der Waals surface area contributed by atoms with Crippen LogP contribution in [0.25, 0.3) is 21.6 Å². The Morgan fingerprint density at radius 3 is 2.22 bits per heavy atom. The van der Waals surface area contributed by atoms with Gasteiger partial charge in [-0.05, 0) is 116 Å². The summed E-state index contributed by atoms with van der Waals surface area (Å²) in [6.45, 7) is 11.1. The van der Waals surface area contributed by atoms with Crippen LogP contribution in [0.3, 0.4) is 0 Å². The highest BCUT2D eigenvalue weighted by Crippen LogP contribution is 2.40. The number of hydrogen-bond donors (Lipinski definition) is 3. The minimum Gasteiger partial charge on any atom is -0.491 e. The van der Waals surface area contributed by atoms with E-state index in [1.54, 1.807) is 65.3 Å². The number of halogens is 3. The molecule has 0 spiro atoms. The number of nitriles is 1. The summed E-state index contributed by atoms with van der Waals surface area (Å²) < 4.78 is 52.7. The molecule has 5 aromatic rings. The van der Waals surface area contributed by atoms with Crippen molar-refractivity contribution in [1.29, 1.82) is 5.26 Å². The van der Waals surface area contributed by atoms with Gasteiger partial charge < -0.3 is 35.0 Å². The van der Waals surface area contributed by atoms with Gasteiger partial charge in [0, 0.05) is 31.8 Å². The molecule has 2 fully saturated rings. The molecule has 2 unspecified atom stereocenters. The maximum absolute atomic E-state index is 14.0. The highest BCUT2D eigenvalue weighted by Gasteiger charge is 2.51. The fourth-order valence-corrected chi connectivity index (χ4v) is 9.98. The summed E-state index contributed by atoms with van der Waals surface area (Å²) in [5, 5.41) is 25.7. The van der Waals surface area contributed by atoms with Gasteiger partial charge in [0.15, 0.2) is 5.11 Å². The number of thiazole rings is 1. The number of aromatic nitrogens is 1. The Kier molecular flexibility index (Phi) is 16.2.